The van der Waals surface area contributed by atoms with Crippen LogP contribution < -0.4 is 11.1 Å². The van der Waals surface area contributed by atoms with E-state index in [4.69, 9.17) is 10.5 Å². The number of aliphatic hydroxyl groups excluding tert-OH is 1. The van der Waals surface area contributed by atoms with Gasteiger partial charge in [-0.15, -0.1) is 0 Å². The third-order valence-corrected chi connectivity index (χ3v) is 2.16. The van der Waals surface area contributed by atoms with Crippen LogP contribution in [0.25, 0.3) is 0 Å². The Kier molecular flexibility index (Phi) is 6.55. The van der Waals surface area contributed by atoms with Crippen LogP contribution in [0.1, 0.15) is 27.7 Å². The van der Waals surface area contributed by atoms with Crippen molar-refractivity contribution in [2.75, 3.05) is 19.8 Å². The van der Waals surface area contributed by atoms with E-state index in [9.17, 15) is 9.90 Å². The zero-order chi connectivity index (χ0) is 12.8. The normalized spacial score (nSPS) is 14.1. The molecule has 5 nitrogen and oxygen atoms in total. The highest BCUT2D eigenvalue weighted by Crippen LogP contribution is 2.00. The fourth-order valence-corrected chi connectivity index (χ4v) is 0.959. The molecule has 0 fully saturated rings. The molecule has 1 amide bonds. The molecule has 0 spiro atoms. The molecule has 0 rings (SSSR count). The van der Waals surface area contributed by atoms with Gasteiger partial charge in [0.25, 0.3) is 0 Å². The smallest absolute Gasteiger partial charge is 0.237 e. The maximum Gasteiger partial charge on any atom is 0.237 e. The molecule has 0 saturated heterocycles. The van der Waals surface area contributed by atoms with Crippen LogP contribution in [-0.2, 0) is 9.53 Å². The van der Waals surface area contributed by atoms with Gasteiger partial charge in [-0.1, -0.05) is 13.8 Å². The maximum atomic E-state index is 11.0. The summed E-state index contributed by atoms with van der Waals surface area (Å²) < 4.78 is 5.28. The number of rotatable bonds is 8. The van der Waals surface area contributed by atoms with Gasteiger partial charge in [0, 0.05) is 13.2 Å². The van der Waals surface area contributed by atoms with Crippen molar-refractivity contribution in [3.8, 4) is 0 Å². The molecular weight excluding hydrogens is 208 g/mol. The quantitative estimate of drug-likeness (QED) is 0.544. The van der Waals surface area contributed by atoms with Crippen LogP contribution in [0.15, 0.2) is 0 Å². The van der Waals surface area contributed by atoms with Gasteiger partial charge in [0.05, 0.1) is 18.2 Å². The second kappa shape index (κ2) is 6.83. The van der Waals surface area contributed by atoms with E-state index in [1.807, 2.05) is 13.8 Å². The van der Waals surface area contributed by atoms with Crippen LogP contribution in [0.2, 0.25) is 0 Å². The number of carbonyl (C=O) groups is 1. The van der Waals surface area contributed by atoms with E-state index < -0.39 is 17.6 Å². The molecule has 0 aromatic heterocycles. The summed E-state index contributed by atoms with van der Waals surface area (Å²) in [5.74, 6) is 0.00465. The van der Waals surface area contributed by atoms with Crippen molar-refractivity contribution >= 4 is 5.91 Å². The molecular formula is C11H24N2O3. The molecule has 5 heteroatoms. The molecule has 16 heavy (non-hydrogen) atoms. The summed E-state index contributed by atoms with van der Waals surface area (Å²) in [6.07, 6.45) is -0.627. The number of primary amides is 1. The largest absolute Gasteiger partial charge is 0.389 e. The van der Waals surface area contributed by atoms with Crippen molar-refractivity contribution in [1.82, 2.24) is 5.32 Å². The first kappa shape index (κ1) is 15.3. The van der Waals surface area contributed by atoms with E-state index in [1.54, 1.807) is 13.8 Å². The molecule has 0 heterocycles. The lowest BCUT2D eigenvalue weighted by molar-refractivity contribution is -0.123. The molecule has 0 aliphatic carbocycles. The van der Waals surface area contributed by atoms with Gasteiger partial charge in [0.2, 0.25) is 5.91 Å². The molecule has 1 atom stereocenters. The lowest BCUT2D eigenvalue weighted by atomic mass is 10.1. The Bertz CT molecular complexity index is 217. The fourth-order valence-electron chi connectivity index (χ4n) is 0.959. The average Bonchev–Trinajstić information content (AvgIpc) is 2.14. The molecule has 0 aromatic rings. The molecule has 1 unspecified atom stereocenters. The lowest BCUT2D eigenvalue weighted by Gasteiger charge is -2.24. The Morgan fingerprint density at radius 1 is 1.44 bits per heavy atom. The summed E-state index contributed by atoms with van der Waals surface area (Å²) >= 11 is 0. The number of aliphatic hydroxyl groups is 1. The molecule has 0 aliphatic heterocycles. The number of ether oxygens (including phenoxy) is 1. The second-order valence-electron chi connectivity index (χ2n) is 4.96. The molecule has 0 bridgehead atoms. The number of nitrogens with one attached hydrogen (secondary N) is 1. The Labute approximate surface area is 97.3 Å². The summed E-state index contributed by atoms with van der Waals surface area (Å²) in [5.41, 5.74) is 4.38. The Morgan fingerprint density at radius 2 is 2.00 bits per heavy atom. The topological polar surface area (TPSA) is 84.6 Å². The Hall–Kier alpha value is -0.650. The van der Waals surface area contributed by atoms with Gasteiger partial charge in [-0.25, -0.2) is 0 Å². The van der Waals surface area contributed by atoms with Crippen molar-refractivity contribution in [2.45, 2.75) is 39.3 Å². The zero-order valence-electron chi connectivity index (χ0n) is 10.6. The number of amides is 1. The highest BCUT2D eigenvalue weighted by atomic mass is 16.5. The number of hydrogen-bond acceptors (Lipinski definition) is 4. The highest BCUT2D eigenvalue weighted by molar-refractivity contribution is 5.83. The minimum atomic E-state index is -0.807. The van der Waals surface area contributed by atoms with Crippen LogP contribution >= 0.6 is 0 Å². The van der Waals surface area contributed by atoms with Crippen molar-refractivity contribution < 1.29 is 14.6 Å². The molecule has 4 N–H and O–H groups in total. The summed E-state index contributed by atoms with van der Waals surface area (Å²) in [5, 5.41) is 12.5. The van der Waals surface area contributed by atoms with Crippen LogP contribution in [-0.4, -0.2) is 42.4 Å². The van der Waals surface area contributed by atoms with Crippen LogP contribution in [0.4, 0.5) is 0 Å². The van der Waals surface area contributed by atoms with Gasteiger partial charge < -0.3 is 20.9 Å². The molecule has 0 aromatic carbocycles. The van der Waals surface area contributed by atoms with Gasteiger partial charge in [-0.2, -0.15) is 0 Å². The predicted molar refractivity (Wildman–Crippen MR) is 62.9 cm³/mol. The second-order valence-corrected chi connectivity index (χ2v) is 4.96. The van der Waals surface area contributed by atoms with Gasteiger partial charge in [-0.3, -0.25) is 4.79 Å². The summed E-state index contributed by atoms with van der Waals surface area (Å²) in [6, 6.07) is 0. The van der Waals surface area contributed by atoms with Crippen molar-refractivity contribution in [3.63, 3.8) is 0 Å². The molecule has 96 valence electrons. The first-order valence-electron chi connectivity index (χ1n) is 5.56. The summed E-state index contributed by atoms with van der Waals surface area (Å²) in [6.45, 7) is 8.61. The Morgan fingerprint density at radius 3 is 2.44 bits per heavy atom. The number of hydrogen-bond donors (Lipinski definition) is 3. The lowest BCUT2D eigenvalue weighted by Crippen LogP contribution is -2.53. The number of nitrogens with two attached hydrogens (primary N) is 1. The van der Waals surface area contributed by atoms with Crippen LogP contribution in [0, 0.1) is 5.92 Å². The van der Waals surface area contributed by atoms with E-state index in [2.05, 4.69) is 5.32 Å². The standard InChI is InChI=1S/C11H24N2O3/c1-8(2)6-16-7-9(14)5-13-11(3,4)10(12)15/h8-9,13-14H,5-7H2,1-4H3,(H2,12,15). The minimum Gasteiger partial charge on any atom is -0.389 e. The first-order chi connectivity index (χ1) is 7.25. The van der Waals surface area contributed by atoms with E-state index >= 15 is 0 Å². The van der Waals surface area contributed by atoms with Crippen molar-refractivity contribution in [1.29, 1.82) is 0 Å². The minimum absolute atomic E-state index is 0.264. The zero-order valence-corrected chi connectivity index (χ0v) is 10.6. The fraction of sp³-hybridized carbons (Fsp3) is 0.909. The summed E-state index contributed by atoms with van der Waals surface area (Å²) in [7, 11) is 0. The van der Waals surface area contributed by atoms with Gasteiger partial charge >= 0.3 is 0 Å². The van der Waals surface area contributed by atoms with Crippen molar-refractivity contribution in [3.05, 3.63) is 0 Å². The van der Waals surface area contributed by atoms with Crippen LogP contribution in [0.5, 0.6) is 0 Å². The van der Waals surface area contributed by atoms with E-state index in [1.165, 1.54) is 0 Å². The van der Waals surface area contributed by atoms with Gasteiger partial charge in [-0.05, 0) is 19.8 Å². The Balaban J connectivity index is 3.73. The third kappa shape index (κ3) is 6.76. The maximum absolute atomic E-state index is 11.0. The van der Waals surface area contributed by atoms with E-state index in [0.717, 1.165) is 0 Å². The first-order valence-corrected chi connectivity index (χ1v) is 5.56. The van der Waals surface area contributed by atoms with Gasteiger partial charge in [0.15, 0.2) is 0 Å². The SMILES string of the molecule is CC(C)COCC(O)CNC(C)(C)C(N)=O. The predicted octanol–water partition coefficient (Wildman–Crippen LogP) is -0.127. The average molecular weight is 232 g/mol. The van der Waals surface area contributed by atoms with Gasteiger partial charge in [0.1, 0.15) is 0 Å². The number of β-amino-alcohol motifs (C(OH)–C–C–N with tert-alkyl or cyclic N) is 1. The van der Waals surface area contributed by atoms with E-state index in [-0.39, 0.29) is 13.2 Å². The molecule has 0 radical (unpaired) electrons. The molecule has 0 saturated carbocycles. The van der Waals surface area contributed by atoms with E-state index in [0.29, 0.717) is 12.5 Å². The highest BCUT2D eigenvalue weighted by Gasteiger charge is 2.24. The third-order valence-electron chi connectivity index (χ3n) is 2.16. The van der Waals surface area contributed by atoms with Crippen molar-refractivity contribution in [2.24, 2.45) is 11.7 Å². The molecule has 0 aliphatic rings. The van der Waals surface area contributed by atoms with Crippen LogP contribution in [0.3, 0.4) is 0 Å². The number of carbonyl (C=O) groups excluding carboxylic acids is 1. The summed E-state index contributed by atoms with van der Waals surface area (Å²) in [4.78, 5) is 11.0. The monoisotopic (exact) mass is 232 g/mol.